The van der Waals surface area contributed by atoms with Crippen molar-refractivity contribution in [2.24, 2.45) is 0 Å². The van der Waals surface area contributed by atoms with Crippen LogP contribution in [0.25, 0.3) is 0 Å². The SMILES string of the molecule is C[Si](C)(C)OC(=O)Cc1ccn([Si](C)(C)C)c1. The summed E-state index contributed by atoms with van der Waals surface area (Å²) >= 11 is 0. The Morgan fingerprint density at radius 3 is 2.24 bits per heavy atom. The predicted molar refractivity (Wildman–Crippen MR) is 76.3 cm³/mol. The molecule has 5 heteroatoms. The topological polar surface area (TPSA) is 31.2 Å². The van der Waals surface area contributed by atoms with E-state index in [1.54, 1.807) is 0 Å². The second-order valence-corrected chi connectivity index (χ2v) is 15.6. The third-order valence-corrected chi connectivity index (χ3v) is 4.96. The summed E-state index contributed by atoms with van der Waals surface area (Å²) in [4.78, 5) is 11.7. The van der Waals surface area contributed by atoms with E-state index in [1.165, 1.54) is 0 Å². The molecule has 0 atom stereocenters. The molecule has 0 bridgehead atoms. The predicted octanol–water partition coefficient (Wildman–Crippen LogP) is 3.09. The van der Waals surface area contributed by atoms with Crippen molar-refractivity contribution in [3.05, 3.63) is 24.0 Å². The van der Waals surface area contributed by atoms with E-state index in [4.69, 9.17) is 4.43 Å². The Morgan fingerprint density at radius 2 is 1.82 bits per heavy atom. The molecular weight excluding hydrogens is 246 g/mol. The molecule has 0 saturated heterocycles. The molecule has 0 spiro atoms. The van der Waals surface area contributed by atoms with Crippen molar-refractivity contribution in [1.29, 1.82) is 0 Å². The number of aromatic nitrogens is 1. The molecule has 96 valence electrons. The van der Waals surface area contributed by atoms with Gasteiger partial charge in [-0.1, -0.05) is 19.6 Å². The highest BCUT2D eigenvalue weighted by molar-refractivity contribution is 6.74. The van der Waals surface area contributed by atoms with Gasteiger partial charge in [-0.05, 0) is 43.7 Å². The highest BCUT2D eigenvalue weighted by atomic mass is 28.4. The summed E-state index contributed by atoms with van der Waals surface area (Å²) in [5, 5.41) is 0. The fourth-order valence-corrected chi connectivity index (χ4v) is 3.34. The summed E-state index contributed by atoms with van der Waals surface area (Å²) in [6.45, 7) is 12.9. The van der Waals surface area contributed by atoms with Gasteiger partial charge in [-0.25, -0.2) is 0 Å². The Bertz CT molecular complexity index is 399. The van der Waals surface area contributed by atoms with Crippen molar-refractivity contribution in [2.75, 3.05) is 0 Å². The summed E-state index contributed by atoms with van der Waals surface area (Å²) in [6, 6.07) is 2.02. The molecule has 1 heterocycles. The van der Waals surface area contributed by atoms with Crippen LogP contribution in [0, 0.1) is 0 Å². The van der Waals surface area contributed by atoms with E-state index in [9.17, 15) is 4.79 Å². The van der Waals surface area contributed by atoms with Crippen LogP contribution in [0.4, 0.5) is 0 Å². The lowest BCUT2D eigenvalue weighted by molar-refractivity contribution is -0.134. The maximum Gasteiger partial charge on any atom is 0.296 e. The van der Waals surface area contributed by atoms with Gasteiger partial charge in [0.2, 0.25) is 8.32 Å². The highest BCUT2D eigenvalue weighted by Gasteiger charge is 2.21. The minimum atomic E-state index is -1.75. The Morgan fingerprint density at radius 1 is 1.24 bits per heavy atom. The maximum atomic E-state index is 11.7. The third-order valence-electron chi connectivity index (χ3n) is 2.30. The van der Waals surface area contributed by atoms with Crippen molar-refractivity contribution >= 4 is 22.5 Å². The molecule has 0 N–H and O–H groups in total. The lowest BCUT2D eigenvalue weighted by Gasteiger charge is -2.18. The van der Waals surface area contributed by atoms with Crippen LogP contribution in [0.5, 0.6) is 0 Å². The van der Waals surface area contributed by atoms with E-state index in [0.29, 0.717) is 6.42 Å². The van der Waals surface area contributed by atoms with E-state index >= 15 is 0 Å². The Labute approximate surface area is 106 Å². The first-order chi connectivity index (χ1) is 7.58. The van der Waals surface area contributed by atoms with Crippen molar-refractivity contribution in [3.8, 4) is 0 Å². The number of hydrogen-bond acceptors (Lipinski definition) is 2. The second-order valence-electron chi connectivity index (χ2n) is 6.36. The molecule has 0 saturated carbocycles. The molecule has 1 rings (SSSR count). The zero-order chi connectivity index (χ0) is 13.3. The summed E-state index contributed by atoms with van der Waals surface area (Å²) in [6.07, 6.45) is 4.54. The fourth-order valence-electron chi connectivity index (χ4n) is 1.51. The van der Waals surface area contributed by atoms with Gasteiger partial charge in [-0.3, -0.25) is 4.79 Å². The molecule has 0 aliphatic rings. The average molecular weight is 269 g/mol. The zero-order valence-electron chi connectivity index (χ0n) is 11.7. The van der Waals surface area contributed by atoms with Gasteiger partial charge < -0.3 is 8.66 Å². The molecule has 17 heavy (non-hydrogen) atoms. The average Bonchev–Trinajstić information content (AvgIpc) is 2.47. The van der Waals surface area contributed by atoms with Crippen LogP contribution >= 0.6 is 0 Å². The van der Waals surface area contributed by atoms with Crippen LogP contribution in [-0.4, -0.2) is 26.8 Å². The molecule has 3 nitrogen and oxygen atoms in total. The molecule has 0 aromatic carbocycles. The van der Waals surface area contributed by atoms with Crippen LogP contribution in [0.1, 0.15) is 5.56 Å². The zero-order valence-corrected chi connectivity index (χ0v) is 13.7. The number of carbonyl (C=O) groups is 1. The van der Waals surface area contributed by atoms with Crippen molar-refractivity contribution < 1.29 is 9.22 Å². The maximum absolute atomic E-state index is 11.7. The van der Waals surface area contributed by atoms with E-state index in [0.717, 1.165) is 5.56 Å². The molecular formula is C12H23NO2Si2. The van der Waals surface area contributed by atoms with Gasteiger partial charge in [0.1, 0.15) is 0 Å². The lowest BCUT2D eigenvalue weighted by Crippen LogP contribution is -2.31. The van der Waals surface area contributed by atoms with Gasteiger partial charge in [-0.2, -0.15) is 0 Å². The van der Waals surface area contributed by atoms with E-state index in [2.05, 4.69) is 36.3 Å². The fraction of sp³-hybridized carbons (Fsp3) is 0.583. The Balaban J connectivity index is 2.65. The van der Waals surface area contributed by atoms with Crippen LogP contribution in [-0.2, 0) is 15.6 Å². The lowest BCUT2D eigenvalue weighted by atomic mass is 10.2. The van der Waals surface area contributed by atoms with Gasteiger partial charge in [0, 0.05) is 0 Å². The highest BCUT2D eigenvalue weighted by Crippen LogP contribution is 2.12. The molecule has 0 radical (unpaired) electrons. The van der Waals surface area contributed by atoms with Crippen LogP contribution in [0.2, 0.25) is 39.3 Å². The number of rotatable bonds is 4. The quantitative estimate of drug-likeness (QED) is 0.787. The smallest absolute Gasteiger partial charge is 0.296 e. The van der Waals surface area contributed by atoms with Gasteiger partial charge >= 0.3 is 0 Å². The molecule has 0 amide bonds. The first kappa shape index (κ1) is 14.2. The minimum Gasteiger partial charge on any atom is -0.520 e. The van der Waals surface area contributed by atoms with E-state index in [1.807, 2.05) is 25.7 Å². The number of nitrogens with zero attached hydrogens (tertiary/aromatic N) is 1. The van der Waals surface area contributed by atoms with Crippen molar-refractivity contribution in [1.82, 2.24) is 4.23 Å². The second kappa shape index (κ2) is 4.82. The summed E-state index contributed by atoms with van der Waals surface area (Å²) in [5.74, 6) is -0.0995. The first-order valence-electron chi connectivity index (χ1n) is 5.97. The van der Waals surface area contributed by atoms with Gasteiger partial charge in [-0.15, -0.1) is 0 Å². The molecule has 0 unspecified atom stereocenters. The van der Waals surface area contributed by atoms with Crippen LogP contribution in [0.3, 0.4) is 0 Å². The monoisotopic (exact) mass is 269 g/mol. The summed E-state index contributed by atoms with van der Waals surface area (Å²) in [5.41, 5.74) is 1.05. The third kappa shape index (κ3) is 4.91. The molecule has 1 aromatic rings. The van der Waals surface area contributed by atoms with Gasteiger partial charge in [0.05, 0.1) is 6.42 Å². The van der Waals surface area contributed by atoms with E-state index in [-0.39, 0.29) is 5.97 Å². The Kier molecular flexibility index (Phi) is 4.04. The molecule has 0 aliphatic heterocycles. The van der Waals surface area contributed by atoms with Crippen molar-refractivity contribution in [2.45, 2.75) is 45.7 Å². The molecule has 0 aliphatic carbocycles. The van der Waals surface area contributed by atoms with E-state index < -0.39 is 16.6 Å². The number of hydrogen-bond donors (Lipinski definition) is 0. The summed E-state index contributed by atoms with van der Waals surface area (Å²) < 4.78 is 7.69. The molecule has 0 fully saturated rings. The minimum absolute atomic E-state index is 0.0995. The first-order valence-corrected chi connectivity index (χ1v) is 12.8. The van der Waals surface area contributed by atoms with Crippen LogP contribution in [0.15, 0.2) is 18.5 Å². The van der Waals surface area contributed by atoms with Crippen molar-refractivity contribution in [3.63, 3.8) is 0 Å². The Hall–Kier alpha value is -0.816. The molecule has 1 aromatic heterocycles. The normalized spacial score (nSPS) is 12.6. The standard InChI is InChI=1S/C12H23NO2Si2/c1-16(2,3)13-8-7-11(10-13)9-12(14)15-17(4,5)6/h7-8,10H,9H2,1-6H3. The summed E-state index contributed by atoms with van der Waals surface area (Å²) in [7, 11) is -3.09. The largest absolute Gasteiger partial charge is 0.520 e. The van der Waals surface area contributed by atoms with Gasteiger partial charge in [0.25, 0.3) is 5.97 Å². The number of carbonyl (C=O) groups excluding carboxylic acids is 1. The van der Waals surface area contributed by atoms with Gasteiger partial charge in [0.15, 0.2) is 8.24 Å². The van der Waals surface area contributed by atoms with Crippen LogP contribution < -0.4 is 0 Å².